The van der Waals surface area contributed by atoms with E-state index in [1.165, 1.54) is 11.8 Å². The average molecular weight is 183 g/mol. The van der Waals surface area contributed by atoms with Crippen molar-refractivity contribution >= 4 is 17.4 Å². The van der Waals surface area contributed by atoms with E-state index in [4.69, 9.17) is 5.73 Å². The fraction of sp³-hybridized carbons (Fsp3) is 0.111. The van der Waals surface area contributed by atoms with Gasteiger partial charge >= 0.3 is 0 Å². The molecule has 0 bridgehead atoms. The van der Waals surface area contributed by atoms with Gasteiger partial charge in [-0.1, -0.05) is 24.4 Å². The minimum Gasteiger partial charge on any atom is -0.395 e. The molecule has 0 saturated heterocycles. The summed E-state index contributed by atoms with van der Waals surface area (Å²) in [6, 6.07) is 3.50. The Kier molecular flexibility index (Phi) is 2.76. The van der Waals surface area contributed by atoms with Gasteiger partial charge in [-0.3, -0.25) is 0 Å². The van der Waals surface area contributed by atoms with Crippen molar-refractivity contribution in [1.82, 2.24) is 0 Å². The molecule has 64 valence electrons. The Bertz CT molecular complexity index is 310. The van der Waals surface area contributed by atoms with Crippen LogP contribution in [0, 0.1) is 12.7 Å². The maximum Gasteiger partial charge on any atom is 0.150 e. The predicted octanol–water partition coefficient (Wildman–Crippen LogP) is 2.95. The lowest BCUT2D eigenvalue weighted by Crippen LogP contribution is -1.95. The summed E-state index contributed by atoms with van der Waals surface area (Å²) in [5.41, 5.74) is 6.30. The van der Waals surface area contributed by atoms with E-state index in [2.05, 4.69) is 6.58 Å². The van der Waals surface area contributed by atoms with Crippen LogP contribution < -0.4 is 5.73 Å². The average Bonchev–Trinajstić information content (AvgIpc) is 2.07. The SMILES string of the molecule is C=CSc1ccc(C)c(F)c1N. The van der Waals surface area contributed by atoms with Crippen molar-refractivity contribution in [2.24, 2.45) is 0 Å². The molecule has 1 rings (SSSR count). The number of halogens is 1. The third-order valence-corrected chi connectivity index (χ3v) is 2.32. The Hall–Kier alpha value is -0.960. The van der Waals surface area contributed by atoms with Crippen LogP contribution in [0.4, 0.5) is 10.1 Å². The molecule has 0 unspecified atom stereocenters. The molecule has 1 nitrogen and oxygen atoms in total. The minimum atomic E-state index is -0.332. The quantitative estimate of drug-likeness (QED) is 0.563. The molecular formula is C9H10FNS. The number of anilines is 1. The van der Waals surface area contributed by atoms with Gasteiger partial charge in [0, 0.05) is 4.90 Å². The molecule has 12 heavy (non-hydrogen) atoms. The van der Waals surface area contributed by atoms with E-state index in [0.29, 0.717) is 10.5 Å². The summed E-state index contributed by atoms with van der Waals surface area (Å²) < 4.78 is 13.1. The van der Waals surface area contributed by atoms with Crippen LogP contribution in [0.3, 0.4) is 0 Å². The van der Waals surface area contributed by atoms with Crippen molar-refractivity contribution in [2.45, 2.75) is 11.8 Å². The summed E-state index contributed by atoms with van der Waals surface area (Å²) >= 11 is 1.32. The van der Waals surface area contributed by atoms with Gasteiger partial charge in [-0.25, -0.2) is 4.39 Å². The van der Waals surface area contributed by atoms with E-state index in [1.54, 1.807) is 24.5 Å². The molecule has 0 heterocycles. The Morgan fingerprint density at radius 3 is 2.83 bits per heavy atom. The fourth-order valence-electron chi connectivity index (χ4n) is 0.877. The minimum absolute atomic E-state index is 0.208. The van der Waals surface area contributed by atoms with Crippen LogP contribution in [0.2, 0.25) is 0 Å². The number of nitrogen functional groups attached to an aromatic ring is 1. The Morgan fingerprint density at radius 2 is 2.25 bits per heavy atom. The van der Waals surface area contributed by atoms with Gasteiger partial charge in [0.1, 0.15) is 5.82 Å². The first-order valence-electron chi connectivity index (χ1n) is 3.49. The molecule has 1 aromatic carbocycles. The number of thioether (sulfide) groups is 1. The summed E-state index contributed by atoms with van der Waals surface area (Å²) in [4.78, 5) is 0.716. The standard InChI is InChI=1S/C9H10FNS/c1-3-12-7-5-4-6(2)8(10)9(7)11/h3-5H,1,11H2,2H3. The van der Waals surface area contributed by atoms with Crippen molar-refractivity contribution in [3.63, 3.8) is 0 Å². The van der Waals surface area contributed by atoms with Crippen molar-refractivity contribution in [3.05, 3.63) is 35.5 Å². The molecule has 0 spiro atoms. The Balaban J connectivity index is 3.16. The predicted molar refractivity (Wildman–Crippen MR) is 51.6 cm³/mol. The summed E-state index contributed by atoms with van der Waals surface area (Å²) in [5.74, 6) is -0.332. The van der Waals surface area contributed by atoms with Crippen molar-refractivity contribution in [2.75, 3.05) is 5.73 Å². The van der Waals surface area contributed by atoms with Gasteiger partial charge in [0.15, 0.2) is 0 Å². The number of hydrogen-bond donors (Lipinski definition) is 1. The third kappa shape index (κ3) is 1.61. The van der Waals surface area contributed by atoms with E-state index < -0.39 is 0 Å². The molecule has 3 heteroatoms. The van der Waals surface area contributed by atoms with Gasteiger partial charge < -0.3 is 5.73 Å². The van der Waals surface area contributed by atoms with Gasteiger partial charge in [-0.15, -0.1) is 0 Å². The first kappa shape index (κ1) is 9.13. The summed E-state index contributed by atoms with van der Waals surface area (Å²) in [5, 5.41) is 1.63. The Morgan fingerprint density at radius 1 is 1.58 bits per heavy atom. The molecule has 0 aliphatic heterocycles. The molecule has 0 amide bonds. The van der Waals surface area contributed by atoms with E-state index in [1.807, 2.05) is 0 Å². The van der Waals surface area contributed by atoms with Crippen LogP contribution in [-0.4, -0.2) is 0 Å². The van der Waals surface area contributed by atoms with E-state index >= 15 is 0 Å². The van der Waals surface area contributed by atoms with E-state index in [0.717, 1.165) is 0 Å². The number of nitrogens with two attached hydrogens (primary N) is 1. The maximum absolute atomic E-state index is 13.1. The van der Waals surface area contributed by atoms with Crippen LogP contribution in [0.1, 0.15) is 5.56 Å². The summed E-state index contributed by atoms with van der Waals surface area (Å²) in [6.45, 7) is 5.22. The molecule has 0 aliphatic rings. The topological polar surface area (TPSA) is 26.0 Å². The van der Waals surface area contributed by atoms with Gasteiger partial charge in [0.25, 0.3) is 0 Å². The highest BCUT2D eigenvalue weighted by Crippen LogP contribution is 2.28. The number of benzene rings is 1. The van der Waals surface area contributed by atoms with Crippen molar-refractivity contribution < 1.29 is 4.39 Å². The monoisotopic (exact) mass is 183 g/mol. The van der Waals surface area contributed by atoms with Crippen molar-refractivity contribution in [3.8, 4) is 0 Å². The highest BCUT2D eigenvalue weighted by Gasteiger charge is 2.06. The fourth-order valence-corrected chi connectivity index (χ4v) is 1.42. The van der Waals surface area contributed by atoms with E-state index in [9.17, 15) is 4.39 Å². The van der Waals surface area contributed by atoms with Gasteiger partial charge in [-0.05, 0) is 24.0 Å². The van der Waals surface area contributed by atoms with Gasteiger partial charge in [-0.2, -0.15) is 0 Å². The molecule has 2 N–H and O–H groups in total. The summed E-state index contributed by atoms with van der Waals surface area (Å²) in [6.07, 6.45) is 0. The highest BCUT2D eigenvalue weighted by molar-refractivity contribution is 8.02. The molecule has 0 aromatic heterocycles. The molecule has 0 aliphatic carbocycles. The zero-order valence-corrected chi connectivity index (χ0v) is 7.62. The molecule has 0 saturated carbocycles. The lowest BCUT2D eigenvalue weighted by molar-refractivity contribution is 0.620. The molecule has 0 atom stereocenters. The first-order chi connectivity index (χ1) is 5.66. The smallest absolute Gasteiger partial charge is 0.150 e. The van der Waals surface area contributed by atoms with Crippen LogP contribution in [0.15, 0.2) is 29.0 Å². The largest absolute Gasteiger partial charge is 0.395 e. The second-order valence-electron chi connectivity index (χ2n) is 2.39. The molecule has 0 radical (unpaired) electrons. The number of hydrogen-bond acceptors (Lipinski definition) is 2. The highest BCUT2D eigenvalue weighted by atomic mass is 32.2. The lowest BCUT2D eigenvalue weighted by atomic mass is 10.2. The maximum atomic E-state index is 13.1. The summed E-state index contributed by atoms with van der Waals surface area (Å²) in [7, 11) is 0. The molecular weight excluding hydrogens is 173 g/mol. The van der Waals surface area contributed by atoms with Crippen LogP contribution in [-0.2, 0) is 0 Å². The number of rotatable bonds is 2. The lowest BCUT2D eigenvalue weighted by Gasteiger charge is -2.04. The third-order valence-electron chi connectivity index (χ3n) is 1.54. The zero-order chi connectivity index (χ0) is 9.14. The zero-order valence-electron chi connectivity index (χ0n) is 6.80. The second-order valence-corrected chi connectivity index (χ2v) is 3.40. The van der Waals surface area contributed by atoms with Crippen LogP contribution >= 0.6 is 11.8 Å². The Labute approximate surface area is 75.5 Å². The van der Waals surface area contributed by atoms with Crippen LogP contribution in [0.5, 0.6) is 0 Å². The normalized spacial score (nSPS) is 9.83. The number of aryl methyl sites for hydroxylation is 1. The van der Waals surface area contributed by atoms with Gasteiger partial charge in [0.05, 0.1) is 5.69 Å². The van der Waals surface area contributed by atoms with Gasteiger partial charge in [0.2, 0.25) is 0 Å². The molecule has 1 aromatic rings. The van der Waals surface area contributed by atoms with E-state index in [-0.39, 0.29) is 11.5 Å². The second kappa shape index (κ2) is 3.63. The van der Waals surface area contributed by atoms with Crippen LogP contribution in [0.25, 0.3) is 0 Å². The first-order valence-corrected chi connectivity index (χ1v) is 4.37. The van der Waals surface area contributed by atoms with Crippen molar-refractivity contribution in [1.29, 1.82) is 0 Å². The molecule has 0 fully saturated rings.